The number of fused-ring (bicyclic) bond motifs is 2. The Kier molecular flexibility index (Phi) is 3.12. The van der Waals surface area contributed by atoms with Crippen molar-refractivity contribution < 1.29 is 0 Å². The molecule has 0 heterocycles. The van der Waals surface area contributed by atoms with E-state index in [1.54, 1.807) is 0 Å². The van der Waals surface area contributed by atoms with Crippen LogP contribution in [-0.2, 0) is 0 Å². The molecule has 0 spiro atoms. The van der Waals surface area contributed by atoms with Crippen LogP contribution in [0.5, 0.6) is 0 Å². The van der Waals surface area contributed by atoms with E-state index in [9.17, 15) is 0 Å². The highest BCUT2D eigenvalue weighted by atomic mass is 15.1. The van der Waals surface area contributed by atoms with Crippen LogP contribution in [0, 0.1) is 0 Å². The summed E-state index contributed by atoms with van der Waals surface area (Å²) in [6.07, 6.45) is 0. The fraction of sp³-hybridized carbons (Fsp3) is 0.222. The van der Waals surface area contributed by atoms with E-state index in [0.717, 1.165) is 13.1 Å². The molecule has 0 amide bonds. The quantitative estimate of drug-likeness (QED) is 0.600. The molecule has 0 radical (unpaired) electrons. The first kappa shape index (κ1) is 12.0. The van der Waals surface area contributed by atoms with Crippen LogP contribution in [0.15, 0.2) is 54.6 Å². The van der Waals surface area contributed by atoms with Crippen molar-refractivity contribution in [3.05, 3.63) is 54.6 Å². The summed E-state index contributed by atoms with van der Waals surface area (Å²) in [6.45, 7) is 6.51. The van der Waals surface area contributed by atoms with Gasteiger partial charge < -0.3 is 4.90 Å². The molecule has 3 aromatic rings. The van der Waals surface area contributed by atoms with Crippen LogP contribution in [0.4, 0.5) is 5.69 Å². The molecule has 3 aromatic carbocycles. The third-order valence-corrected chi connectivity index (χ3v) is 3.83. The van der Waals surface area contributed by atoms with Gasteiger partial charge in [0.2, 0.25) is 0 Å². The second-order valence-corrected chi connectivity index (χ2v) is 4.87. The maximum absolute atomic E-state index is 2.41. The van der Waals surface area contributed by atoms with E-state index in [4.69, 9.17) is 0 Å². The topological polar surface area (TPSA) is 3.24 Å². The van der Waals surface area contributed by atoms with Gasteiger partial charge in [0.25, 0.3) is 0 Å². The number of anilines is 1. The lowest BCUT2D eigenvalue weighted by Gasteiger charge is -2.23. The Balaban J connectivity index is 2.31. The molecule has 0 aromatic heterocycles. The molecule has 0 aliphatic rings. The molecule has 0 aliphatic carbocycles. The van der Waals surface area contributed by atoms with E-state index >= 15 is 0 Å². The van der Waals surface area contributed by atoms with Gasteiger partial charge in [0, 0.05) is 24.2 Å². The van der Waals surface area contributed by atoms with Crippen molar-refractivity contribution in [1.82, 2.24) is 0 Å². The van der Waals surface area contributed by atoms with Gasteiger partial charge in [-0.1, -0.05) is 36.4 Å². The zero-order valence-electron chi connectivity index (χ0n) is 11.6. The molecule has 3 rings (SSSR count). The summed E-state index contributed by atoms with van der Waals surface area (Å²) in [5, 5.41) is 5.30. The monoisotopic (exact) mass is 249 g/mol. The first-order valence-electron chi connectivity index (χ1n) is 7.00. The van der Waals surface area contributed by atoms with Crippen molar-refractivity contribution >= 4 is 27.2 Å². The van der Waals surface area contributed by atoms with Gasteiger partial charge in [0.15, 0.2) is 0 Å². The molecule has 0 fully saturated rings. The van der Waals surface area contributed by atoms with E-state index in [1.165, 1.54) is 27.2 Å². The lowest BCUT2D eigenvalue weighted by molar-refractivity contribution is 0.871. The van der Waals surface area contributed by atoms with Crippen LogP contribution in [0.2, 0.25) is 0 Å². The zero-order valence-corrected chi connectivity index (χ0v) is 11.6. The second-order valence-electron chi connectivity index (χ2n) is 4.87. The molecule has 0 bridgehead atoms. The average Bonchev–Trinajstić information content (AvgIpc) is 2.46. The van der Waals surface area contributed by atoms with Crippen LogP contribution < -0.4 is 4.90 Å². The minimum atomic E-state index is 1.04. The highest BCUT2D eigenvalue weighted by molar-refractivity contribution is 6.03. The molecule has 1 heteroatoms. The molecule has 1 nitrogen and oxygen atoms in total. The molecule has 0 saturated carbocycles. The van der Waals surface area contributed by atoms with Gasteiger partial charge in [-0.05, 0) is 48.2 Å². The maximum Gasteiger partial charge on any atom is 0.0445 e. The molecule has 0 aliphatic heterocycles. The fourth-order valence-electron chi connectivity index (χ4n) is 2.79. The summed E-state index contributed by atoms with van der Waals surface area (Å²) in [6, 6.07) is 19.8. The van der Waals surface area contributed by atoms with E-state index in [0.29, 0.717) is 0 Å². The number of hydrogen-bond acceptors (Lipinski definition) is 1. The predicted molar refractivity (Wildman–Crippen MR) is 85.0 cm³/mol. The van der Waals surface area contributed by atoms with Crippen molar-refractivity contribution in [2.45, 2.75) is 13.8 Å². The molecule has 0 unspecified atom stereocenters. The first-order valence-corrected chi connectivity index (χ1v) is 7.00. The molecule has 0 saturated heterocycles. The highest BCUT2D eigenvalue weighted by Crippen LogP contribution is 2.30. The van der Waals surface area contributed by atoms with Crippen molar-refractivity contribution in [3.63, 3.8) is 0 Å². The molecular weight excluding hydrogens is 230 g/mol. The Morgan fingerprint density at radius 2 is 1.37 bits per heavy atom. The van der Waals surface area contributed by atoms with Crippen molar-refractivity contribution in [2.75, 3.05) is 18.0 Å². The highest BCUT2D eigenvalue weighted by Gasteiger charge is 2.07. The van der Waals surface area contributed by atoms with E-state index in [1.807, 2.05) is 0 Å². The summed E-state index contributed by atoms with van der Waals surface area (Å²) in [5.74, 6) is 0. The second kappa shape index (κ2) is 4.93. The molecular formula is C18H19N. The Hall–Kier alpha value is -2.02. The van der Waals surface area contributed by atoms with E-state index in [-0.39, 0.29) is 0 Å². The standard InChI is InChI=1S/C18H19N/c1-3-19(4-2)18-11-7-10-16-12-14-8-5-6-9-15(14)13-17(16)18/h5-13H,3-4H2,1-2H3. The van der Waals surface area contributed by atoms with Crippen LogP contribution in [-0.4, -0.2) is 13.1 Å². The van der Waals surface area contributed by atoms with Gasteiger partial charge in [0.1, 0.15) is 0 Å². The van der Waals surface area contributed by atoms with Crippen LogP contribution in [0.1, 0.15) is 13.8 Å². The Bertz CT molecular complexity index is 711. The molecule has 0 atom stereocenters. The number of hydrogen-bond donors (Lipinski definition) is 0. The Morgan fingerprint density at radius 1 is 0.737 bits per heavy atom. The van der Waals surface area contributed by atoms with E-state index < -0.39 is 0 Å². The third-order valence-electron chi connectivity index (χ3n) is 3.83. The van der Waals surface area contributed by atoms with Gasteiger partial charge >= 0.3 is 0 Å². The fourth-order valence-corrected chi connectivity index (χ4v) is 2.79. The minimum absolute atomic E-state index is 1.04. The molecule has 19 heavy (non-hydrogen) atoms. The van der Waals surface area contributed by atoms with E-state index in [2.05, 4.69) is 73.3 Å². The van der Waals surface area contributed by atoms with Crippen molar-refractivity contribution in [2.24, 2.45) is 0 Å². The maximum atomic E-state index is 2.41. The lowest BCUT2D eigenvalue weighted by atomic mass is 10.0. The Labute approximate surface area is 114 Å². The summed E-state index contributed by atoms with van der Waals surface area (Å²) < 4.78 is 0. The predicted octanol–water partition coefficient (Wildman–Crippen LogP) is 4.84. The van der Waals surface area contributed by atoms with Gasteiger partial charge in [-0.3, -0.25) is 0 Å². The van der Waals surface area contributed by atoms with Crippen LogP contribution in [0.25, 0.3) is 21.5 Å². The van der Waals surface area contributed by atoms with Gasteiger partial charge in [-0.25, -0.2) is 0 Å². The SMILES string of the molecule is CCN(CC)c1cccc2cc3ccccc3cc12. The summed E-state index contributed by atoms with van der Waals surface area (Å²) in [7, 11) is 0. The summed E-state index contributed by atoms with van der Waals surface area (Å²) >= 11 is 0. The summed E-state index contributed by atoms with van der Waals surface area (Å²) in [4.78, 5) is 2.41. The first-order chi connectivity index (χ1) is 9.33. The van der Waals surface area contributed by atoms with Gasteiger partial charge in [-0.2, -0.15) is 0 Å². The molecule has 0 N–H and O–H groups in total. The van der Waals surface area contributed by atoms with Gasteiger partial charge in [0.05, 0.1) is 0 Å². The summed E-state index contributed by atoms with van der Waals surface area (Å²) in [5.41, 5.74) is 1.34. The van der Waals surface area contributed by atoms with Crippen LogP contribution >= 0.6 is 0 Å². The average molecular weight is 249 g/mol. The van der Waals surface area contributed by atoms with Gasteiger partial charge in [-0.15, -0.1) is 0 Å². The minimum Gasteiger partial charge on any atom is -0.372 e. The largest absolute Gasteiger partial charge is 0.372 e. The smallest absolute Gasteiger partial charge is 0.0445 e. The normalized spacial score (nSPS) is 11.1. The lowest BCUT2D eigenvalue weighted by Crippen LogP contribution is -2.21. The van der Waals surface area contributed by atoms with Crippen LogP contribution in [0.3, 0.4) is 0 Å². The third kappa shape index (κ3) is 2.06. The Morgan fingerprint density at radius 3 is 2.05 bits per heavy atom. The number of benzene rings is 3. The number of rotatable bonds is 3. The zero-order chi connectivity index (χ0) is 13.2. The van der Waals surface area contributed by atoms with Crippen molar-refractivity contribution in [1.29, 1.82) is 0 Å². The van der Waals surface area contributed by atoms with Crippen molar-refractivity contribution in [3.8, 4) is 0 Å². The molecule has 96 valence electrons. The number of nitrogens with zero attached hydrogens (tertiary/aromatic N) is 1.